The lowest BCUT2D eigenvalue weighted by molar-refractivity contribution is -0.138. The first-order chi connectivity index (χ1) is 7.86. The monoisotopic (exact) mass is 245 g/mol. The van der Waals surface area contributed by atoms with Crippen LogP contribution >= 0.6 is 0 Å². The summed E-state index contributed by atoms with van der Waals surface area (Å²) in [6, 6.07) is 3.65. The topological polar surface area (TPSA) is 35.2 Å². The zero-order valence-electron chi connectivity index (χ0n) is 9.58. The predicted molar refractivity (Wildman–Crippen MR) is 60.7 cm³/mol. The van der Waals surface area contributed by atoms with Crippen molar-refractivity contribution in [1.29, 1.82) is 0 Å². The third-order valence-corrected chi connectivity index (χ3v) is 2.13. The molecule has 1 aromatic rings. The molecule has 0 aliphatic heterocycles. The Hall–Kier alpha value is -1.49. The summed E-state index contributed by atoms with van der Waals surface area (Å²) < 4.78 is 42.9. The fraction of sp³-hybridized carbons (Fsp3) is 0.333. The normalized spacial score (nSPS) is 14.0. The molecule has 0 radical (unpaired) electrons. The van der Waals surface area contributed by atoms with Gasteiger partial charge in [-0.1, -0.05) is 24.3 Å². The molecule has 0 aliphatic carbocycles. The van der Waals surface area contributed by atoms with Crippen LogP contribution in [0.3, 0.4) is 0 Å². The van der Waals surface area contributed by atoms with Crippen molar-refractivity contribution in [2.75, 3.05) is 7.11 Å². The van der Waals surface area contributed by atoms with Gasteiger partial charge in [-0.2, -0.15) is 13.2 Å². The molecule has 2 N–H and O–H groups in total. The van der Waals surface area contributed by atoms with E-state index in [4.69, 9.17) is 10.5 Å². The molecular formula is C12H14F3NO. The number of nitrogens with two attached hydrogens (primary N) is 1. The van der Waals surface area contributed by atoms with E-state index < -0.39 is 11.7 Å². The van der Waals surface area contributed by atoms with Crippen LogP contribution in [-0.4, -0.2) is 13.2 Å². The van der Waals surface area contributed by atoms with Gasteiger partial charge in [0.1, 0.15) is 5.75 Å². The highest BCUT2D eigenvalue weighted by molar-refractivity contribution is 5.60. The lowest BCUT2D eigenvalue weighted by atomic mass is 10.1. The largest absolute Gasteiger partial charge is 0.495 e. The van der Waals surface area contributed by atoms with Crippen molar-refractivity contribution in [3.05, 3.63) is 35.4 Å². The number of methoxy groups -OCH3 is 1. The number of benzene rings is 1. The van der Waals surface area contributed by atoms with E-state index in [-0.39, 0.29) is 11.8 Å². The average Bonchev–Trinajstić information content (AvgIpc) is 2.24. The Balaban J connectivity index is 3.24. The van der Waals surface area contributed by atoms with Gasteiger partial charge in [0, 0.05) is 11.6 Å². The van der Waals surface area contributed by atoms with Crippen LogP contribution in [0.5, 0.6) is 5.75 Å². The first kappa shape index (κ1) is 13.6. The number of hydrogen-bond acceptors (Lipinski definition) is 2. The van der Waals surface area contributed by atoms with Gasteiger partial charge in [-0.3, -0.25) is 0 Å². The Morgan fingerprint density at radius 3 is 2.47 bits per heavy atom. The first-order valence-corrected chi connectivity index (χ1v) is 5.04. The van der Waals surface area contributed by atoms with E-state index >= 15 is 0 Å². The molecule has 17 heavy (non-hydrogen) atoms. The van der Waals surface area contributed by atoms with Gasteiger partial charge in [0.05, 0.1) is 12.7 Å². The smallest absolute Gasteiger partial charge is 0.419 e. The molecule has 1 aromatic carbocycles. The minimum Gasteiger partial charge on any atom is -0.495 e. The summed E-state index contributed by atoms with van der Waals surface area (Å²) in [6.07, 6.45) is -1.29. The SMILES string of the molecule is COc1c(/C=C/C(C)N)cccc1C(F)(F)F. The van der Waals surface area contributed by atoms with E-state index in [0.29, 0.717) is 5.56 Å². The van der Waals surface area contributed by atoms with Gasteiger partial charge in [0.2, 0.25) is 0 Å². The standard InChI is InChI=1S/C12H14F3NO/c1-8(16)6-7-9-4-3-5-10(11(9)17-2)12(13,14)15/h3-8H,16H2,1-2H3/b7-6+. The number of hydrogen-bond donors (Lipinski definition) is 1. The van der Waals surface area contributed by atoms with Crippen LogP contribution in [0, 0.1) is 0 Å². The Morgan fingerprint density at radius 2 is 2.00 bits per heavy atom. The van der Waals surface area contributed by atoms with Gasteiger partial charge in [0.25, 0.3) is 0 Å². The van der Waals surface area contributed by atoms with Crippen molar-refractivity contribution in [3.8, 4) is 5.75 Å². The predicted octanol–water partition coefficient (Wildman–Crippen LogP) is 3.07. The van der Waals surface area contributed by atoms with Crippen LogP contribution in [0.2, 0.25) is 0 Å². The Kier molecular flexibility index (Phi) is 4.17. The fourth-order valence-electron chi connectivity index (χ4n) is 1.39. The first-order valence-electron chi connectivity index (χ1n) is 5.04. The molecule has 0 spiro atoms. The van der Waals surface area contributed by atoms with Crippen LogP contribution in [0.15, 0.2) is 24.3 Å². The van der Waals surface area contributed by atoms with E-state index in [2.05, 4.69) is 0 Å². The molecule has 2 nitrogen and oxygen atoms in total. The number of ether oxygens (including phenoxy) is 1. The Bertz CT molecular complexity index is 411. The van der Waals surface area contributed by atoms with Crippen LogP contribution in [0.4, 0.5) is 13.2 Å². The molecule has 0 aliphatic rings. The summed E-state index contributed by atoms with van der Waals surface area (Å²) in [6.45, 7) is 1.73. The maximum absolute atomic E-state index is 12.7. The zero-order chi connectivity index (χ0) is 13.1. The molecule has 0 saturated heterocycles. The average molecular weight is 245 g/mol. The van der Waals surface area contributed by atoms with Gasteiger partial charge < -0.3 is 10.5 Å². The van der Waals surface area contributed by atoms with Crippen molar-refractivity contribution < 1.29 is 17.9 Å². The van der Waals surface area contributed by atoms with Gasteiger partial charge in [-0.15, -0.1) is 0 Å². The van der Waals surface area contributed by atoms with Gasteiger partial charge in [-0.05, 0) is 13.0 Å². The molecule has 0 amide bonds. The number of rotatable bonds is 3. The highest BCUT2D eigenvalue weighted by Gasteiger charge is 2.34. The second kappa shape index (κ2) is 5.23. The van der Waals surface area contributed by atoms with Crippen molar-refractivity contribution in [2.24, 2.45) is 5.73 Å². The minimum atomic E-state index is -4.43. The zero-order valence-corrected chi connectivity index (χ0v) is 9.58. The summed E-state index contributed by atoms with van der Waals surface area (Å²) in [5.41, 5.74) is 5.08. The van der Waals surface area contributed by atoms with Crippen molar-refractivity contribution in [1.82, 2.24) is 0 Å². The summed E-state index contributed by atoms with van der Waals surface area (Å²) in [5, 5.41) is 0. The third kappa shape index (κ3) is 3.49. The molecule has 0 bridgehead atoms. The molecule has 94 valence electrons. The van der Waals surface area contributed by atoms with Gasteiger partial charge in [0.15, 0.2) is 0 Å². The van der Waals surface area contributed by atoms with E-state index in [0.717, 1.165) is 6.07 Å². The van der Waals surface area contributed by atoms with E-state index in [1.54, 1.807) is 19.1 Å². The maximum Gasteiger partial charge on any atom is 0.419 e. The van der Waals surface area contributed by atoms with Crippen LogP contribution in [0.1, 0.15) is 18.1 Å². The summed E-state index contributed by atoms with van der Waals surface area (Å²) in [7, 11) is 1.22. The van der Waals surface area contributed by atoms with Crippen LogP contribution in [-0.2, 0) is 6.18 Å². The van der Waals surface area contributed by atoms with Crippen molar-refractivity contribution in [3.63, 3.8) is 0 Å². The second-order valence-corrected chi connectivity index (χ2v) is 3.64. The van der Waals surface area contributed by atoms with Gasteiger partial charge in [-0.25, -0.2) is 0 Å². The molecule has 5 heteroatoms. The third-order valence-electron chi connectivity index (χ3n) is 2.13. The molecule has 0 aromatic heterocycles. The second-order valence-electron chi connectivity index (χ2n) is 3.64. The van der Waals surface area contributed by atoms with E-state index in [9.17, 15) is 13.2 Å². The molecule has 1 rings (SSSR count). The molecule has 1 atom stereocenters. The lowest BCUT2D eigenvalue weighted by Crippen LogP contribution is -2.10. The van der Waals surface area contributed by atoms with Crippen molar-refractivity contribution in [2.45, 2.75) is 19.1 Å². The highest BCUT2D eigenvalue weighted by Crippen LogP contribution is 2.38. The quantitative estimate of drug-likeness (QED) is 0.888. The lowest BCUT2D eigenvalue weighted by Gasteiger charge is -2.14. The van der Waals surface area contributed by atoms with Crippen LogP contribution < -0.4 is 10.5 Å². The Labute approximate surface area is 97.9 Å². The number of para-hydroxylation sites is 1. The summed E-state index contributed by atoms with van der Waals surface area (Å²) in [5.74, 6) is -0.183. The van der Waals surface area contributed by atoms with E-state index in [1.807, 2.05) is 0 Å². The van der Waals surface area contributed by atoms with E-state index in [1.165, 1.54) is 19.3 Å². The Morgan fingerprint density at radius 1 is 1.35 bits per heavy atom. The molecular weight excluding hydrogens is 231 g/mol. The summed E-state index contributed by atoms with van der Waals surface area (Å²) in [4.78, 5) is 0. The highest BCUT2D eigenvalue weighted by atomic mass is 19.4. The van der Waals surface area contributed by atoms with Gasteiger partial charge >= 0.3 is 6.18 Å². The molecule has 1 unspecified atom stereocenters. The number of halogens is 3. The van der Waals surface area contributed by atoms with Crippen molar-refractivity contribution >= 4 is 6.08 Å². The van der Waals surface area contributed by atoms with Crippen LogP contribution in [0.25, 0.3) is 6.08 Å². The maximum atomic E-state index is 12.7. The number of alkyl halides is 3. The minimum absolute atomic E-state index is 0.183. The molecule has 0 heterocycles. The summed E-state index contributed by atoms with van der Waals surface area (Å²) >= 11 is 0. The molecule has 0 fully saturated rings. The fourth-order valence-corrected chi connectivity index (χ4v) is 1.39. The molecule has 0 saturated carbocycles.